The molecule has 1 aliphatic heterocycles. The Labute approximate surface area is 181 Å². The molecule has 0 N–H and O–H groups in total. The van der Waals surface area contributed by atoms with Gasteiger partial charge in [0.2, 0.25) is 0 Å². The van der Waals surface area contributed by atoms with Crippen molar-refractivity contribution in [3.05, 3.63) is 102 Å². The van der Waals surface area contributed by atoms with Gasteiger partial charge >= 0.3 is 0 Å². The van der Waals surface area contributed by atoms with Gasteiger partial charge in [-0.15, -0.1) is 0 Å². The van der Waals surface area contributed by atoms with Crippen molar-refractivity contribution in [2.75, 3.05) is 11.9 Å². The van der Waals surface area contributed by atoms with Crippen LogP contribution in [0.25, 0.3) is 12.2 Å². The maximum absolute atomic E-state index is 11.8. The zero-order chi connectivity index (χ0) is 21.6. The Kier molecular flexibility index (Phi) is 6.10. The fraction of sp³-hybridized carbons (Fsp3) is 0.120. The molecule has 0 spiro atoms. The minimum atomic E-state index is -0.314. The largest absolute Gasteiger partial charge is 0.295 e. The fourth-order valence-corrected chi connectivity index (χ4v) is 3.37. The number of anilines is 1. The highest BCUT2D eigenvalue weighted by atomic mass is 16.2. The summed E-state index contributed by atoms with van der Waals surface area (Å²) in [5.41, 5.74) is 4.60. The van der Waals surface area contributed by atoms with Crippen molar-refractivity contribution in [3.63, 3.8) is 0 Å². The minimum Gasteiger partial charge on any atom is -0.295 e. The lowest BCUT2D eigenvalue weighted by molar-refractivity contribution is -0.119. The molecule has 2 amide bonds. The first-order valence-corrected chi connectivity index (χ1v) is 9.96. The van der Waals surface area contributed by atoms with E-state index in [4.69, 9.17) is 0 Å². The van der Waals surface area contributed by atoms with E-state index in [9.17, 15) is 9.59 Å². The van der Waals surface area contributed by atoms with Crippen molar-refractivity contribution in [1.29, 1.82) is 0 Å². The van der Waals surface area contributed by atoms with Crippen LogP contribution in [0.5, 0.6) is 0 Å². The summed E-state index contributed by atoms with van der Waals surface area (Å²) in [6, 6.07) is 17.2. The molecule has 0 radical (unpaired) electrons. The Hall–Kier alpha value is -3.90. The van der Waals surface area contributed by atoms with E-state index in [1.807, 2.05) is 61.8 Å². The van der Waals surface area contributed by atoms with Gasteiger partial charge in [0.25, 0.3) is 11.8 Å². The second-order valence-electron chi connectivity index (χ2n) is 7.34. The summed E-state index contributed by atoms with van der Waals surface area (Å²) < 4.78 is 0. The summed E-state index contributed by atoms with van der Waals surface area (Å²) in [7, 11) is 2.05. The van der Waals surface area contributed by atoms with Crippen molar-refractivity contribution in [1.82, 2.24) is 14.9 Å². The Bertz CT molecular complexity index is 1120. The van der Waals surface area contributed by atoms with E-state index in [0.29, 0.717) is 5.69 Å². The van der Waals surface area contributed by atoms with Crippen molar-refractivity contribution in [3.8, 4) is 0 Å². The molecule has 0 saturated carbocycles. The molecule has 0 saturated heterocycles. The molecule has 4 rings (SSSR count). The third-order valence-corrected chi connectivity index (χ3v) is 4.86. The first-order valence-electron chi connectivity index (χ1n) is 9.96. The number of aromatic nitrogens is 2. The van der Waals surface area contributed by atoms with Gasteiger partial charge in [-0.25, -0.2) is 4.90 Å². The molecular formula is C25H22N4O2. The van der Waals surface area contributed by atoms with Crippen LogP contribution in [0.3, 0.4) is 0 Å². The van der Waals surface area contributed by atoms with Crippen LogP contribution in [0.1, 0.15) is 22.5 Å². The first-order chi connectivity index (χ1) is 15.1. The average Bonchev–Trinajstić information content (AvgIpc) is 3.11. The van der Waals surface area contributed by atoms with Gasteiger partial charge in [-0.3, -0.25) is 24.5 Å². The molecule has 0 unspecified atom stereocenters. The lowest BCUT2D eigenvalue weighted by Gasteiger charge is -2.15. The maximum Gasteiger partial charge on any atom is 0.258 e. The second-order valence-corrected chi connectivity index (χ2v) is 7.34. The Balaban J connectivity index is 1.39. The number of nitrogens with zero attached hydrogens (tertiary/aromatic N) is 4. The number of carbonyl (C=O) groups is 2. The molecule has 1 aromatic carbocycles. The second kappa shape index (κ2) is 9.28. The van der Waals surface area contributed by atoms with E-state index >= 15 is 0 Å². The summed E-state index contributed by atoms with van der Waals surface area (Å²) in [5.74, 6) is -0.628. The van der Waals surface area contributed by atoms with Crippen LogP contribution in [-0.2, 0) is 22.7 Å². The zero-order valence-corrected chi connectivity index (χ0v) is 17.2. The number of benzene rings is 1. The van der Waals surface area contributed by atoms with E-state index < -0.39 is 0 Å². The van der Waals surface area contributed by atoms with Gasteiger partial charge in [-0.2, -0.15) is 0 Å². The monoisotopic (exact) mass is 410 g/mol. The normalized spacial score (nSPS) is 13.7. The molecule has 0 aliphatic carbocycles. The number of pyridine rings is 2. The van der Waals surface area contributed by atoms with Gasteiger partial charge in [-0.05, 0) is 54.6 Å². The van der Waals surface area contributed by atoms with Gasteiger partial charge < -0.3 is 0 Å². The SMILES string of the molecule is CN(Cc1ccccn1)Cc1cc(/C=C/c2ccc(N3C(=O)C=CC3=O)cc2)ccn1. The van der Waals surface area contributed by atoms with Gasteiger partial charge in [0.15, 0.2) is 0 Å². The van der Waals surface area contributed by atoms with E-state index in [1.54, 1.807) is 18.3 Å². The van der Waals surface area contributed by atoms with Crippen LogP contribution in [-0.4, -0.2) is 33.7 Å². The lowest BCUT2D eigenvalue weighted by Crippen LogP contribution is -2.29. The van der Waals surface area contributed by atoms with Crippen molar-refractivity contribution in [2.24, 2.45) is 0 Å². The number of hydrogen-bond acceptors (Lipinski definition) is 5. The molecule has 6 nitrogen and oxygen atoms in total. The number of amides is 2. The van der Waals surface area contributed by atoms with E-state index in [-0.39, 0.29) is 11.8 Å². The third kappa shape index (κ3) is 5.18. The Morgan fingerprint density at radius 2 is 1.48 bits per heavy atom. The summed E-state index contributed by atoms with van der Waals surface area (Å²) in [5, 5.41) is 0. The van der Waals surface area contributed by atoms with Crippen LogP contribution < -0.4 is 4.90 Å². The third-order valence-electron chi connectivity index (χ3n) is 4.86. The van der Waals surface area contributed by atoms with Crippen LogP contribution in [0, 0.1) is 0 Å². The Morgan fingerprint density at radius 3 is 2.19 bits per heavy atom. The van der Waals surface area contributed by atoms with Crippen LogP contribution in [0.15, 0.2) is 79.1 Å². The highest BCUT2D eigenvalue weighted by Crippen LogP contribution is 2.20. The van der Waals surface area contributed by atoms with Crippen LogP contribution in [0.4, 0.5) is 5.69 Å². The van der Waals surface area contributed by atoms with Crippen molar-refractivity contribution >= 4 is 29.7 Å². The molecule has 1 aliphatic rings. The average molecular weight is 410 g/mol. The molecule has 3 aromatic rings. The summed E-state index contributed by atoms with van der Waals surface area (Å²) in [4.78, 5) is 35.7. The topological polar surface area (TPSA) is 66.4 Å². The maximum atomic E-state index is 11.8. The highest BCUT2D eigenvalue weighted by Gasteiger charge is 2.24. The van der Waals surface area contributed by atoms with Gasteiger partial charge in [-0.1, -0.05) is 30.4 Å². The summed E-state index contributed by atoms with van der Waals surface area (Å²) in [6.45, 7) is 1.48. The molecule has 0 fully saturated rings. The predicted molar refractivity (Wildman–Crippen MR) is 121 cm³/mol. The van der Waals surface area contributed by atoms with E-state index in [2.05, 4.69) is 20.9 Å². The fourth-order valence-electron chi connectivity index (χ4n) is 3.37. The lowest BCUT2D eigenvalue weighted by atomic mass is 10.1. The van der Waals surface area contributed by atoms with E-state index in [1.165, 1.54) is 12.2 Å². The molecule has 2 aromatic heterocycles. The zero-order valence-electron chi connectivity index (χ0n) is 17.2. The van der Waals surface area contributed by atoms with Gasteiger partial charge in [0.05, 0.1) is 17.1 Å². The summed E-state index contributed by atoms with van der Waals surface area (Å²) >= 11 is 0. The smallest absolute Gasteiger partial charge is 0.258 e. The molecule has 0 bridgehead atoms. The molecule has 154 valence electrons. The van der Waals surface area contributed by atoms with Gasteiger partial charge in [0, 0.05) is 37.6 Å². The number of hydrogen-bond donors (Lipinski definition) is 0. The highest BCUT2D eigenvalue weighted by molar-refractivity contribution is 6.28. The standard InChI is InChI=1S/C25H22N4O2/c1-28(17-21-4-2-3-14-26-21)18-22-16-20(13-15-27-22)6-5-19-7-9-23(10-8-19)29-24(30)11-12-25(29)31/h2-16H,17-18H2,1H3/b6-5+. The Morgan fingerprint density at radius 1 is 0.806 bits per heavy atom. The number of imide groups is 1. The van der Waals surface area contributed by atoms with E-state index in [0.717, 1.165) is 40.5 Å². The number of rotatable bonds is 7. The summed E-state index contributed by atoms with van der Waals surface area (Å²) in [6.07, 6.45) is 10.2. The predicted octanol–water partition coefficient (Wildman–Crippen LogP) is 3.71. The molecule has 6 heteroatoms. The van der Waals surface area contributed by atoms with Crippen LogP contribution in [0.2, 0.25) is 0 Å². The van der Waals surface area contributed by atoms with Crippen molar-refractivity contribution < 1.29 is 9.59 Å². The molecule has 31 heavy (non-hydrogen) atoms. The first kappa shape index (κ1) is 20.4. The quantitative estimate of drug-likeness (QED) is 0.556. The van der Waals surface area contributed by atoms with Crippen molar-refractivity contribution in [2.45, 2.75) is 13.1 Å². The minimum absolute atomic E-state index is 0.314. The van der Waals surface area contributed by atoms with Gasteiger partial charge in [0.1, 0.15) is 0 Å². The van der Waals surface area contributed by atoms with Crippen LogP contribution >= 0.6 is 0 Å². The molecule has 3 heterocycles. The molecule has 0 atom stereocenters. The molecular weight excluding hydrogens is 388 g/mol. The number of carbonyl (C=O) groups excluding carboxylic acids is 2.